The molecule has 2 rings (SSSR count). The highest BCUT2D eigenvalue weighted by molar-refractivity contribution is 9.10. The number of aldehydes is 1. The van der Waals surface area contributed by atoms with E-state index in [0.717, 1.165) is 6.29 Å². The lowest BCUT2D eigenvalue weighted by Crippen LogP contribution is -2.10. The minimum Gasteiger partial charge on any atom is -0.493 e. The van der Waals surface area contributed by atoms with E-state index in [2.05, 4.69) is 15.9 Å². The van der Waals surface area contributed by atoms with Gasteiger partial charge in [0, 0.05) is 5.56 Å². The minimum atomic E-state index is 0.315. The van der Waals surface area contributed by atoms with Crippen molar-refractivity contribution in [1.29, 1.82) is 0 Å². The number of para-hydroxylation sites is 2. The van der Waals surface area contributed by atoms with Crippen LogP contribution in [0, 0.1) is 0 Å². The van der Waals surface area contributed by atoms with Crippen LogP contribution in [0.5, 0.6) is 23.0 Å². The van der Waals surface area contributed by atoms with E-state index < -0.39 is 0 Å². The Bertz CT molecular complexity index is 687. The molecule has 5 nitrogen and oxygen atoms in total. The van der Waals surface area contributed by atoms with Gasteiger partial charge in [0.1, 0.15) is 19.5 Å². The highest BCUT2D eigenvalue weighted by Crippen LogP contribution is 2.36. The lowest BCUT2D eigenvalue weighted by Gasteiger charge is -2.14. The third-order valence-corrected chi connectivity index (χ3v) is 3.71. The highest BCUT2D eigenvalue weighted by Gasteiger charge is 2.12. The Morgan fingerprint density at radius 2 is 1.67 bits per heavy atom. The van der Waals surface area contributed by atoms with Gasteiger partial charge in [0.15, 0.2) is 23.0 Å². The van der Waals surface area contributed by atoms with E-state index in [4.69, 9.17) is 18.9 Å². The van der Waals surface area contributed by atoms with Crippen molar-refractivity contribution in [2.75, 3.05) is 26.9 Å². The summed E-state index contributed by atoms with van der Waals surface area (Å²) in [6.45, 7) is 3.15. The van der Waals surface area contributed by atoms with Crippen LogP contribution in [0.1, 0.15) is 17.3 Å². The van der Waals surface area contributed by atoms with Crippen molar-refractivity contribution in [1.82, 2.24) is 0 Å². The maximum atomic E-state index is 10.9. The van der Waals surface area contributed by atoms with E-state index in [9.17, 15) is 4.79 Å². The standard InChI is InChI=1S/C18H19BrO5/c1-3-22-15-6-4-5-7-16(15)23-8-9-24-18-14(19)10-13(12-20)11-17(18)21-2/h4-7,10-12H,3,8-9H2,1-2H3. The summed E-state index contributed by atoms with van der Waals surface area (Å²) >= 11 is 3.38. The third-order valence-electron chi connectivity index (χ3n) is 3.12. The second-order valence-corrected chi connectivity index (χ2v) is 5.58. The van der Waals surface area contributed by atoms with Crippen LogP contribution in [0.4, 0.5) is 0 Å². The average Bonchev–Trinajstić information content (AvgIpc) is 2.60. The van der Waals surface area contributed by atoms with Crippen molar-refractivity contribution in [3.8, 4) is 23.0 Å². The first-order chi connectivity index (χ1) is 11.7. The van der Waals surface area contributed by atoms with Crippen molar-refractivity contribution in [2.24, 2.45) is 0 Å². The second-order valence-electron chi connectivity index (χ2n) is 4.73. The topological polar surface area (TPSA) is 54.0 Å². The zero-order chi connectivity index (χ0) is 17.4. The summed E-state index contributed by atoms with van der Waals surface area (Å²) < 4.78 is 22.9. The van der Waals surface area contributed by atoms with Gasteiger partial charge in [-0.2, -0.15) is 0 Å². The number of methoxy groups -OCH3 is 1. The Morgan fingerprint density at radius 1 is 1.00 bits per heavy atom. The fraction of sp³-hybridized carbons (Fsp3) is 0.278. The number of carbonyl (C=O) groups excluding carboxylic acids is 1. The molecule has 0 saturated carbocycles. The van der Waals surface area contributed by atoms with Crippen molar-refractivity contribution in [2.45, 2.75) is 6.92 Å². The van der Waals surface area contributed by atoms with Gasteiger partial charge in [0.05, 0.1) is 18.2 Å². The van der Waals surface area contributed by atoms with Gasteiger partial charge in [-0.15, -0.1) is 0 Å². The van der Waals surface area contributed by atoms with E-state index in [1.54, 1.807) is 12.1 Å². The molecule has 0 unspecified atom stereocenters. The Morgan fingerprint density at radius 3 is 2.29 bits per heavy atom. The van der Waals surface area contributed by atoms with Crippen molar-refractivity contribution >= 4 is 22.2 Å². The van der Waals surface area contributed by atoms with Crippen LogP contribution >= 0.6 is 15.9 Å². The van der Waals surface area contributed by atoms with E-state index in [1.807, 2.05) is 31.2 Å². The van der Waals surface area contributed by atoms with Gasteiger partial charge in [0.2, 0.25) is 0 Å². The molecular formula is C18H19BrO5. The number of hydrogen-bond acceptors (Lipinski definition) is 5. The molecule has 0 amide bonds. The molecule has 0 fully saturated rings. The van der Waals surface area contributed by atoms with E-state index in [-0.39, 0.29) is 0 Å². The first kappa shape index (κ1) is 18.1. The summed E-state index contributed by atoms with van der Waals surface area (Å²) in [4.78, 5) is 10.9. The summed E-state index contributed by atoms with van der Waals surface area (Å²) in [5, 5.41) is 0. The summed E-state index contributed by atoms with van der Waals surface area (Å²) in [7, 11) is 1.53. The van der Waals surface area contributed by atoms with Gasteiger partial charge in [-0.25, -0.2) is 0 Å². The zero-order valence-corrected chi connectivity index (χ0v) is 15.2. The van der Waals surface area contributed by atoms with Crippen LogP contribution < -0.4 is 18.9 Å². The summed E-state index contributed by atoms with van der Waals surface area (Å²) in [5.74, 6) is 2.39. The highest BCUT2D eigenvalue weighted by atomic mass is 79.9. The van der Waals surface area contributed by atoms with Crippen LogP contribution in [0.3, 0.4) is 0 Å². The Hall–Kier alpha value is -2.21. The van der Waals surface area contributed by atoms with Gasteiger partial charge in [-0.1, -0.05) is 12.1 Å². The fourth-order valence-electron chi connectivity index (χ4n) is 2.09. The predicted molar refractivity (Wildman–Crippen MR) is 94.7 cm³/mol. The van der Waals surface area contributed by atoms with Crippen molar-refractivity contribution in [3.63, 3.8) is 0 Å². The van der Waals surface area contributed by atoms with E-state index >= 15 is 0 Å². The number of rotatable bonds is 9. The molecule has 0 spiro atoms. The molecule has 6 heteroatoms. The van der Waals surface area contributed by atoms with Gasteiger partial charge >= 0.3 is 0 Å². The molecule has 0 aliphatic heterocycles. The molecule has 128 valence electrons. The van der Waals surface area contributed by atoms with Crippen LogP contribution in [0.15, 0.2) is 40.9 Å². The molecule has 0 saturated heterocycles. The van der Waals surface area contributed by atoms with Gasteiger partial charge in [-0.05, 0) is 47.1 Å². The molecule has 24 heavy (non-hydrogen) atoms. The molecular weight excluding hydrogens is 376 g/mol. The number of benzene rings is 2. The fourth-order valence-corrected chi connectivity index (χ4v) is 2.66. The van der Waals surface area contributed by atoms with Gasteiger partial charge < -0.3 is 18.9 Å². The van der Waals surface area contributed by atoms with Gasteiger partial charge in [0.25, 0.3) is 0 Å². The molecule has 2 aromatic rings. The largest absolute Gasteiger partial charge is 0.493 e. The predicted octanol–water partition coefficient (Wildman–Crippen LogP) is 4.13. The van der Waals surface area contributed by atoms with Gasteiger partial charge in [-0.3, -0.25) is 4.79 Å². The lowest BCUT2D eigenvalue weighted by atomic mass is 10.2. The van der Waals surface area contributed by atoms with Crippen LogP contribution in [-0.2, 0) is 0 Å². The SMILES string of the molecule is CCOc1ccccc1OCCOc1c(Br)cc(C=O)cc1OC. The first-order valence-electron chi connectivity index (χ1n) is 7.49. The maximum absolute atomic E-state index is 10.9. The Labute approximate surface area is 149 Å². The number of halogens is 1. The van der Waals surface area contributed by atoms with E-state index in [0.29, 0.717) is 52.9 Å². The molecule has 0 heterocycles. The molecule has 0 radical (unpaired) electrons. The van der Waals surface area contributed by atoms with Crippen LogP contribution in [0.2, 0.25) is 0 Å². The van der Waals surface area contributed by atoms with Crippen LogP contribution in [-0.4, -0.2) is 33.2 Å². The molecule has 0 N–H and O–H groups in total. The quantitative estimate of drug-likeness (QED) is 0.472. The Kier molecular flexibility index (Phi) is 6.93. The smallest absolute Gasteiger partial charge is 0.175 e. The molecule has 0 aliphatic rings. The number of hydrogen-bond donors (Lipinski definition) is 0. The second kappa shape index (κ2) is 9.17. The molecule has 2 aromatic carbocycles. The monoisotopic (exact) mass is 394 g/mol. The lowest BCUT2D eigenvalue weighted by molar-refractivity contribution is 0.112. The summed E-state index contributed by atoms with van der Waals surface area (Å²) in [6.07, 6.45) is 0.755. The third kappa shape index (κ3) is 4.64. The van der Waals surface area contributed by atoms with Crippen molar-refractivity contribution < 1.29 is 23.7 Å². The molecule has 0 aliphatic carbocycles. The molecule has 0 bridgehead atoms. The average molecular weight is 395 g/mol. The summed E-state index contributed by atoms with van der Waals surface area (Å²) in [6, 6.07) is 10.8. The molecule has 0 aromatic heterocycles. The molecule has 0 atom stereocenters. The minimum absolute atomic E-state index is 0.315. The number of ether oxygens (including phenoxy) is 4. The van der Waals surface area contributed by atoms with Crippen molar-refractivity contribution in [3.05, 3.63) is 46.4 Å². The van der Waals surface area contributed by atoms with Crippen LogP contribution in [0.25, 0.3) is 0 Å². The number of carbonyl (C=O) groups is 1. The Balaban J connectivity index is 1.97. The normalized spacial score (nSPS) is 10.1. The van der Waals surface area contributed by atoms with E-state index in [1.165, 1.54) is 7.11 Å². The first-order valence-corrected chi connectivity index (χ1v) is 8.29. The zero-order valence-electron chi connectivity index (χ0n) is 13.6. The maximum Gasteiger partial charge on any atom is 0.175 e. The summed E-state index contributed by atoms with van der Waals surface area (Å²) in [5.41, 5.74) is 0.507.